The van der Waals surface area contributed by atoms with Crippen LogP contribution >= 0.6 is 11.3 Å². The van der Waals surface area contributed by atoms with Gasteiger partial charge in [0.1, 0.15) is 0 Å². The van der Waals surface area contributed by atoms with Gasteiger partial charge >= 0.3 is 0 Å². The van der Waals surface area contributed by atoms with Crippen LogP contribution in [0, 0.1) is 0 Å². The molecule has 57 heavy (non-hydrogen) atoms. The van der Waals surface area contributed by atoms with E-state index >= 15 is 0 Å². The predicted molar refractivity (Wildman–Crippen MR) is 242 cm³/mol. The summed E-state index contributed by atoms with van der Waals surface area (Å²) in [4.78, 5) is 5.33. The Bertz CT molecular complexity index is 3350. The van der Waals surface area contributed by atoms with Crippen LogP contribution in [0.15, 0.2) is 200 Å². The first-order chi connectivity index (χ1) is 28.3. The summed E-state index contributed by atoms with van der Waals surface area (Å²) in [5.74, 6) is 0. The monoisotopic (exact) mass is 743 g/mol. The summed E-state index contributed by atoms with van der Waals surface area (Å²) < 4.78 is 7.60. The topological polar surface area (TPSA) is 22.8 Å². The molecule has 0 aliphatic rings. The summed E-state index contributed by atoms with van der Waals surface area (Å²) in [7, 11) is 0. The maximum absolute atomic E-state index is 5.33. The molecule has 4 heterocycles. The molecule has 0 radical (unpaired) electrons. The zero-order valence-corrected chi connectivity index (χ0v) is 31.6. The van der Waals surface area contributed by atoms with Crippen LogP contribution in [0.1, 0.15) is 0 Å². The Morgan fingerprint density at radius 2 is 0.737 bits per heavy atom. The first kappa shape index (κ1) is 32.0. The minimum absolute atomic E-state index is 0.940. The Morgan fingerprint density at radius 1 is 0.333 bits per heavy atom. The van der Waals surface area contributed by atoms with Crippen LogP contribution in [-0.4, -0.2) is 14.1 Å². The van der Waals surface area contributed by atoms with Gasteiger partial charge in [0.25, 0.3) is 0 Å². The fraction of sp³-hybridized carbons (Fsp3) is 0. The van der Waals surface area contributed by atoms with Crippen molar-refractivity contribution in [2.45, 2.75) is 0 Å². The number of nitrogens with zero attached hydrogens (tertiary/aromatic N) is 3. The lowest BCUT2D eigenvalue weighted by atomic mass is 9.95. The average molecular weight is 744 g/mol. The van der Waals surface area contributed by atoms with Gasteiger partial charge in [-0.25, -0.2) is 4.98 Å². The lowest BCUT2D eigenvalue weighted by molar-refractivity contribution is 1.11. The number of thiophene rings is 1. The molecule has 0 N–H and O–H groups in total. The lowest BCUT2D eigenvalue weighted by Gasteiger charge is -2.23. The van der Waals surface area contributed by atoms with Crippen molar-refractivity contribution in [1.29, 1.82) is 0 Å². The molecule has 8 aromatic carbocycles. The van der Waals surface area contributed by atoms with E-state index in [4.69, 9.17) is 4.98 Å². The van der Waals surface area contributed by atoms with Crippen LogP contribution in [-0.2, 0) is 0 Å². The van der Waals surface area contributed by atoms with Crippen LogP contribution in [0.4, 0.5) is 0 Å². The Morgan fingerprint density at radius 3 is 1.23 bits per heavy atom. The number of pyridine rings is 1. The molecule has 0 saturated heterocycles. The quantitative estimate of drug-likeness (QED) is 0.172. The molecule has 0 aliphatic carbocycles. The molecule has 0 unspecified atom stereocenters. The van der Waals surface area contributed by atoms with Crippen molar-refractivity contribution in [3.63, 3.8) is 0 Å². The first-order valence-corrected chi connectivity index (χ1v) is 20.2. The van der Waals surface area contributed by atoms with Gasteiger partial charge in [0.05, 0.1) is 44.8 Å². The minimum atomic E-state index is 0.940. The molecule has 0 bridgehead atoms. The van der Waals surface area contributed by atoms with Crippen LogP contribution in [0.3, 0.4) is 0 Å². The number of hydrogen-bond acceptors (Lipinski definition) is 2. The molecule has 0 atom stereocenters. The zero-order chi connectivity index (χ0) is 37.5. The molecule has 0 saturated carbocycles. The molecule has 12 rings (SSSR count). The molecular weight excluding hydrogens is 711 g/mol. The fourth-order valence-electron chi connectivity index (χ4n) is 9.05. The Labute approximate surface area is 333 Å². The summed E-state index contributed by atoms with van der Waals surface area (Å²) >= 11 is 1.87. The molecule has 266 valence electrons. The highest BCUT2D eigenvalue weighted by Gasteiger charge is 2.27. The molecular formula is C53H33N3S. The van der Waals surface area contributed by atoms with E-state index in [1.165, 1.54) is 69.5 Å². The van der Waals surface area contributed by atoms with Gasteiger partial charge in [0, 0.05) is 58.4 Å². The summed E-state index contributed by atoms with van der Waals surface area (Å²) in [6, 6.07) is 72.6. The summed E-state index contributed by atoms with van der Waals surface area (Å²) in [5, 5.41) is 7.44. The van der Waals surface area contributed by atoms with Crippen molar-refractivity contribution in [2.75, 3.05) is 0 Å². The van der Waals surface area contributed by atoms with E-state index < -0.39 is 0 Å². The predicted octanol–water partition coefficient (Wildman–Crippen LogP) is 14.6. The third-order valence-electron chi connectivity index (χ3n) is 11.5. The maximum Gasteiger partial charge on any atom is 0.0803 e. The Kier molecular flexibility index (Phi) is 7.10. The van der Waals surface area contributed by atoms with E-state index in [2.05, 4.69) is 209 Å². The van der Waals surface area contributed by atoms with E-state index in [0.29, 0.717) is 0 Å². The van der Waals surface area contributed by atoms with E-state index in [-0.39, 0.29) is 0 Å². The number of para-hydroxylation sites is 4. The number of fused-ring (bicyclic) bond motifs is 9. The molecule has 12 aromatic rings. The van der Waals surface area contributed by atoms with E-state index in [0.717, 1.165) is 39.3 Å². The van der Waals surface area contributed by atoms with Crippen LogP contribution in [0.25, 0.3) is 109 Å². The van der Waals surface area contributed by atoms with Crippen molar-refractivity contribution >= 4 is 75.1 Å². The normalized spacial score (nSPS) is 11.9. The van der Waals surface area contributed by atoms with Gasteiger partial charge in [-0.3, -0.25) is 0 Å². The van der Waals surface area contributed by atoms with Gasteiger partial charge in [-0.15, -0.1) is 11.3 Å². The number of hydrogen-bond donors (Lipinski definition) is 0. The van der Waals surface area contributed by atoms with Crippen molar-refractivity contribution < 1.29 is 0 Å². The molecule has 4 aromatic heterocycles. The van der Waals surface area contributed by atoms with E-state index in [1.807, 2.05) is 11.3 Å². The number of rotatable bonds is 5. The van der Waals surface area contributed by atoms with E-state index in [9.17, 15) is 0 Å². The lowest BCUT2D eigenvalue weighted by Crippen LogP contribution is -2.07. The largest absolute Gasteiger partial charge is 0.307 e. The highest BCUT2D eigenvalue weighted by molar-refractivity contribution is 7.26. The van der Waals surface area contributed by atoms with Crippen LogP contribution < -0.4 is 0 Å². The molecule has 0 aliphatic heterocycles. The van der Waals surface area contributed by atoms with Gasteiger partial charge in [-0.05, 0) is 54.1 Å². The maximum atomic E-state index is 5.33. The van der Waals surface area contributed by atoms with Crippen molar-refractivity contribution in [1.82, 2.24) is 14.1 Å². The Hall–Kier alpha value is -7.27. The van der Waals surface area contributed by atoms with Gasteiger partial charge in [-0.1, -0.05) is 152 Å². The molecule has 0 fully saturated rings. The minimum Gasteiger partial charge on any atom is -0.307 e. The Balaban J connectivity index is 1.35. The smallest absolute Gasteiger partial charge is 0.0803 e. The fourth-order valence-corrected chi connectivity index (χ4v) is 10.2. The highest BCUT2D eigenvalue weighted by Crippen LogP contribution is 2.49. The summed E-state index contributed by atoms with van der Waals surface area (Å²) in [5.41, 5.74) is 13.3. The second-order valence-corrected chi connectivity index (χ2v) is 15.8. The van der Waals surface area contributed by atoms with Gasteiger partial charge < -0.3 is 9.13 Å². The summed E-state index contributed by atoms with van der Waals surface area (Å²) in [6.07, 6.45) is 0. The SMILES string of the molecule is c1ccc(-c2cc(-c3cc4sc5ccccc5c4c(-n4c5ccccc5c5ccccc54)c3-n3c4ccccc4c4ccccc43)cc(-c3ccccc3)n2)cc1. The van der Waals surface area contributed by atoms with Crippen LogP contribution in [0.2, 0.25) is 0 Å². The molecule has 0 spiro atoms. The first-order valence-electron chi connectivity index (χ1n) is 19.4. The summed E-state index contributed by atoms with van der Waals surface area (Å²) in [6.45, 7) is 0. The van der Waals surface area contributed by atoms with Gasteiger partial charge in [0.15, 0.2) is 0 Å². The van der Waals surface area contributed by atoms with Crippen molar-refractivity contribution in [2.24, 2.45) is 0 Å². The second-order valence-electron chi connectivity index (χ2n) is 14.7. The zero-order valence-electron chi connectivity index (χ0n) is 30.8. The number of benzene rings is 8. The highest BCUT2D eigenvalue weighted by atomic mass is 32.1. The molecule has 4 heteroatoms. The second kappa shape index (κ2) is 12.6. The number of aromatic nitrogens is 3. The molecule has 3 nitrogen and oxygen atoms in total. The molecule has 0 amide bonds. The third-order valence-corrected chi connectivity index (χ3v) is 12.6. The third kappa shape index (κ3) is 4.88. The standard InChI is InChI=1S/C53H33N3S/c1-3-17-34(18-4-1)43-31-36(32-44(54-43)35-19-5-2-6-20-35)42-33-50-51(41-25-11-16-30-49(41)57-50)53(56-47-28-14-9-23-39(47)40-24-10-15-29-48(40)56)52(42)55-45-26-12-7-21-37(45)38-22-8-13-27-46(38)55/h1-33H. The van der Waals surface area contributed by atoms with Gasteiger partial charge in [0.2, 0.25) is 0 Å². The van der Waals surface area contributed by atoms with Crippen molar-refractivity contribution in [3.05, 3.63) is 200 Å². The average Bonchev–Trinajstić information content (AvgIpc) is 3.94. The van der Waals surface area contributed by atoms with Gasteiger partial charge in [-0.2, -0.15) is 0 Å². The van der Waals surface area contributed by atoms with E-state index in [1.54, 1.807) is 0 Å². The van der Waals surface area contributed by atoms with Crippen LogP contribution in [0.5, 0.6) is 0 Å². The van der Waals surface area contributed by atoms with Crippen molar-refractivity contribution in [3.8, 4) is 45.0 Å².